The first-order chi connectivity index (χ1) is 9.32. The van der Waals surface area contributed by atoms with Crippen LogP contribution in [0.2, 0.25) is 10.0 Å². The lowest BCUT2D eigenvalue weighted by Crippen LogP contribution is -2.00. The summed E-state index contributed by atoms with van der Waals surface area (Å²) in [5.74, 6) is 0. The van der Waals surface area contributed by atoms with E-state index in [9.17, 15) is 13.2 Å². The Bertz CT molecular complexity index is 762. The molecule has 0 radical (unpaired) electrons. The van der Waals surface area contributed by atoms with Crippen LogP contribution in [-0.2, 0) is 10.1 Å². The summed E-state index contributed by atoms with van der Waals surface area (Å²) >= 11 is 11.7. The minimum Gasteiger partial charge on any atom is -0.298 e. The first-order valence-electron chi connectivity index (χ1n) is 5.35. The number of carbonyl (C=O) groups is 1. The lowest BCUT2D eigenvalue weighted by Gasteiger charge is -2.08. The first-order valence-corrected chi connectivity index (χ1v) is 7.54. The lowest BCUT2D eigenvalue weighted by molar-refractivity contribution is 0.112. The van der Waals surface area contributed by atoms with Crippen molar-refractivity contribution in [2.45, 2.75) is 4.90 Å². The van der Waals surface area contributed by atoms with Gasteiger partial charge in [-0.3, -0.25) is 9.35 Å². The molecule has 0 saturated carbocycles. The van der Waals surface area contributed by atoms with Gasteiger partial charge in [-0.15, -0.1) is 0 Å². The molecule has 2 aromatic carbocycles. The van der Waals surface area contributed by atoms with E-state index in [0.29, 0.717) is 23.0 Å². The van der Waals surface area contributed by atoms with Crippen LogP contribution in [0.5, 0.6) is 0 Å². The molecule has 1 N–H and O–H groups in total. The van der Waals surface area contributed by atoms with E-state index in [1.54, 1.807) is 24.3 Å². The van der Waals surface area contributed by atoms with Gasteiger partial charge in [0.05, 0.1) is 10.0 Å². The molecule has 0 aliphatic heterocycles. The highest BCUT2D eigenvalue weighted by Gasteiger charge is 2.20. The number of hydrogen-bond acceptors (Lipinski definition) is 3. The Labute approximate surface area is 125 Å². The average Bonchev–Trinajstić information content (AvgIpc) is 2.36. The summed E-state index contributed by atoms with van der Waals surface area (Å²) in [6, 6.07) is 9.37. The van der Waals surface area contributed by atoms with E-state index >= 15 is 0 Å². The number of halogens is 2. The highest BCUT2D eigenvalue weighted by molar-refractivity contribution is 7.86. The summed E-state index contributed by atoms with van der Waals surface area (Å²) in [6.07, 6.45) is 0.694. The molecule has 20 heavy (non-hydrogen) atoms. The van der Waals surface area contributed by atoms with E-state index in [1.165, 1.54) is 12.1 Å². The quantitative estimate of drug-likeness (QED) is 0.687. The van der Waals surface area contributed by atoms with Gasteiger partial charge in [-0.1, -0.05) is 41.4 Å². The molecule has 0 spiro atoms. The van der Waals surface area contributed by atoms with E-state index in [4.69, 9.17) is 27.8 Å². The zero-order valence-corrected chi connectivity index (χ0v) is 12.2. The molecule has 7 heteroatoms. The molecule has 0 saturated heterocycles. The van der Waals surface area contributed by atoms with Crippen LogP contribution in [0.15, 0.2) is 41.3 Å². The monoisotopic (exact) mass is 330 g/mol. The Morgan fingerprint density at radius 3 is 2.10 bits per heavy atom. The highest BCUT2D eigenvalue weighted by Crippen LogP contribution is 2.34. The molecule has 0 amide bonds. The predicted molar refractivity (Wildman–Crippen MR) is 77.1 cm³/mol. The Morgan fingerprint density at radius 2 is 1.60 bits per heavy atom. The maximum atomic E-state index is 11.2. The van der Waals surface area contributed by atoms with Crippen molar-refractivity contribution in [1.82, 2.24) is 0 Å². The van der Waals surface area contributed by atoms with Crippen LogP contribution in [0.4, 0.5) is 0 Å². The number of hydrogen-bond donors (Lipinski definition) is 1. The van der Waals surface area contributed by atoms with E-state index in [2.05, 4.69) is 0 Å². The van der Waals surface area contributed by atoms with Crippen molar-refractivity contribution in [2.24, 2.45) is 0 Å². The molecule has 2 rings (SSSR count). The molecular weight excluding hydrogens is 323 g/mol. The zero-order valence-electron chi connectivity index (χ0n) is 9.88. The van der Waals surface area contributed by atoms with E-state index in [1.807, 2.05) is 0 Å². The zero-order chi connectivity index (χ0) is 14.9. The number of aldehydes is 1. The minimum absolute atomic E-state index is 0.188. The molecule has 2 aromatic rings. The Hall–Kier alpha value is -1.40. The minimum atomic E-state index is -4.50. The molecule has 0 unspecified atom stereocenters. The summed E-state index contributed by atoms with van der Waals surface area (Å²) in [5, 5.41) is -0.377. The summed E-state index contributed by atoms with van der Waals surface area (Å²) in [7, 11) is -4.50. The normalized spacial score (nSPS) is 11.3. The van der Waals surface area contributed by atoms with Crippen LogP contribution in [0.25, 0.3) is 11.1 Å². The summed E-state index contributed by atoms with van der Waals surface area (Å²) in [5.41, 5.74) is 1.66. The number of benzene rings is 2. The van der Waals surface area contributed by atoms with Gasteiger partial charge in [-0.25, -0.2) is 0 Å². The van der Waals surface area contributed by atoms with Crippen molar-refractivity contribution in [1.29, 1.82) is 0 Å². The van der Waals surface area contributed by atoms with Crippen molar-refractivity contribution in [3.05, 3.63) is 52.0 Å². The maximum Gasteiger partial charge on any atom is 0.297 e. The second-order valence-corrected chi connectivity index (χ2v) is 6.16. The molecule has 0 aliphatic rings. The van der Waals surface area contributed by atoms with Crippen molar-refractivity contribution >= 4 is 39.6 Å². The largest absolute Gasteiger partial charge is 0.298 e. The van der Waals surface area contributed by atoms with Gasteiger partial charge < -0.3 is 0 Å². The van der Waals surface area contributed by atoms with E-state index < -0.39 is 15.0 Å². The molecule has 0 bridgehead atoms. The van der Waals surface area contributed by atoms with Crippen molar-refractivity contribution < 1.29 is 17.8 Å². The van der Waals surface area contributed by atoms with Gasteiger partial charge in [-0.2, -0.15) is 8.42 Å². The fraction of sp³-hybridized carbons (Fsp3) is 0. The second kappa shape index (κ2) is 5.54. The molecular formula is C13H8Cl2O4S. The smallest absolute Gasteiger partial charge is 0.297 e. The van der Waals surface area contributed by atoms with Crippen molar-refractivity contribution in [2.75, 3.05) is 0 Å². The summed E-state index contributed by atoms with van der Waals surface area (Å²) < 4.78 is 31.4. The van der Waals surface area contributed by atoms with E-state index in [0.717, 1.165) is 0 Å². The van der Waals surface area contributed by atoms with Gasteiger partial charge >= 0.3 is 0 Å². The molecule has 104 valence electrons. The summed E-state index contributed by atoms with van der Waals surface area (Å²) in [4.78, 5) is 10.2. The average molecular weight is 331 g/mol. The van der Waals surface area contributed by atoms with Gasteiger partial charge in [-0.05, 0) is 29.3 Å². The Kier molecular flexibility index (Phi) is 4.15. The van der Waals surface area contributed by atoms with Crippen LogP contribution in [0.1, 0.15) is 10.4 Å². The first kappa shape index (κ1) is 15.0. The fourth-order valence-corrected chi connectivity index (χ4v) is 3.45. The third kappa shape index (κ3) is 3.02. The maximum absolute atomic E-state index is 11.2. The molecule has 0 aromatic heterocycles. The standard InChI is InChI=1S/C13H8Cl2O4S/c14-11-5-10(6-12(15)13(11)20(17,18)19)9-3-1-2-8(4-9)7-16/h1-7H,(H,17,18,19). The summed E-state index contributed by atoms with van der Waals surface area (Å²) in [6.45, 7) is 0. The van der Waals surface area contributed by atoms with Gasteiger partial charge in [0.15, 0.2) is 0 Å². The van der Waals surface area contributed by atoms with Crippen molar-refractivity contribution in [3.8, 4) is 11.1 Å². The lowest BCUT2D eigenvalue weighted by atomic mass is 10.0. The van der Waals surface area contributed by atoms with Gasteiger partial charge in [0.25, 0.3) is 10.1 Å². The number of rotatable bonds is 3. The van der Waals surface area contributed by atoms with Crippen LogP contribution in [-0.4, -0.2) is 19.3 Å². The van der Waals surface area contributed by atoms with Crippen molar-refractivity contribution in [3.63, 3.8) is 0 Å². The topological polar surface area (TPSA) is 71.4 Å². The molecule has 4 nitrogen and oxygen atoms in total. The van der Waals surface area contributed by atoms with Crippen LogP contribution >= 0.6 is 23.2 Å². The molecule has 0 fully saturated rings. The highest BCUT2D eigenvalue weighted by atomic mass is 35.5. The van der Waals surface area contributed by atoms with Crippen LogP contribution in [0, 0.1) is 0 Å². The molecule has 0 heterocycles. The third-order valence-corrected chi connectivity index (χ3v) is 4.39. The third-order valence-electron chi connectivity index (χ3n) is 2.61. The SMILES string of the molecule is O=Cc1cccc(-c2cc(Cl)c(S(=O)(=O)O)c(Cl)c2)c1. The molecule has 0 aliphatic carbocycles. The van der Waals surface area contributed by atoms with Gasteiger partial charge in [0, 0.05) is 5.56 Å². The predicted octanol–water partition coefficient (Wildman–Crippen LogP) is 3.72. The second-order valence-electron chi connectivity index (χ2n) is 3.99. The Balaban J connectivity index is 2.63. The molecule has 0 atom stereocenters. The van der Waals surface area contributed by atoms with Crippen LogP contribution in [0.3, 0.4) is 0 Å². The van der Waals surface area contributed by atoms with Gasteiger partial charge in [0.2, 0.25) is 0 Å². The fourth-order valence-electron chi connectivity index (χ4n) is 1.76. The van der Waals surface area contributed by atoms with Crippen LogP contribution < -0.4 is 0 Å². The Morgan fingerprint density at radius 1 is 1.00 bits per heavy atom. The number of carbonyl (C=O) groups excluding carboxylic acids is 1. The van der Waals surface area contributed by atoms with E-state index in [-0.39, 0.29) is 10.0 Å². The van der Waals surface area contributed by atoms with Gasteiger partial charge in [0.1, 0.15) is 11.2 Å².